The number of benzene rings is 2. The van der Waals surface area contributed by atoms with Crippen molar-refractivity contribution >= 4 is 40.7 Å². The van der Waals surface area contributed by atoms with Gasteiger partial charge in [0.25, 0.3) is 11.6 Å². The molecular weight excluding hydrogens is 424 g/mol. The summed E-state index contributed by atoms with van der Waals surface area (Å²) in [6, 6.07) is 13.2. The molecule has 0 bridgehead atoms. The van der Waals surface area contributed by atoms with Crippen LogP contribution in [0.2, 0.25) is 0 Å². The number of thioether (sulfide) groups is 1. The molecule has 0 atom stereocenters. The summed E-state index contributed by atoms with van der Waals surface area (Å²) < 4.78 is 10.2. The number of carbonyl (C=O) groups excluding carboxylic acids is 2. The van der Waals surface area contributed by atoms with Crippen LogP contribution in [-0.2, 0) is 20.9 Å². The van der Waals surface area contributed by atoms with Crippen molar-refractivity contribution in [2.24, 2.45) is 10.2 Å². The minimum atomic E-state index is -0.632. The van der Waals surface area contributed by atoms with Crippen molar-refractivity contribution in [2.75, 3.05) is 7.11 Å². The molecule has 0 unspecified atom stereocenters. The Morgan fingerprint density at radius 3 is 2.74 bits per heavy atom. The number of esters is 1. The Bertz CT molecular complexity index is 1100. The van der Waals surface area contributed by atoms with Crippen LogP contribution in [0.15, 0.2) is 69.7 Å². The van der Waals surface area contributed by atoms with E-state index in [0.717, 1.165) is 23.4 Å². The Kier molecular flexibility index (Phi) is 7.12. The first-order valence-electron chi connectivity index (χ1n) is 8.80. The third kappa shape index (κ3) is 6.24. The highest BCUT2D eigenvalue weighted by molar-refractivity contribution is 8.18. The van der Waals surface area contributed by atoms with E-state index in [1.54, 1.807) is 36.4 Å². The average Bonchev–Trinajstić information content (AvgIpc) is 3.11. The van der Waals surface area contributed by atoms with Gasteiger partial charge < -0.3 is 9.47 Å². The van der Waals surface area contributed by atoms with E-state index >= 15 is 0 Å². The lowest BCUT2D eigenvalue weighted by Crippen LogP contribution is -2.19. The van der Waals surface area contributed by atoms with Gasteiger partial charge in [0.15, 0.2) is 5.17 Å². The molecule has 0 saturated carbocycles. The fourth-order valence-electron chi connectivity index (χ4n) is 2.35. The van der Waals surface area contributed by atoms with Crippen molar-refractivity contribution in [1.82, 2.24) is 5.32 Å². The number of nitro benzene ring substituents is 1. The number of nitrogens with zero attached hydrogens (tertiary/aromatic N) is 3. The third-order valence-corrected chi connectivity index (χ3v) is 4.77. The maximum atomic E-state index is 11.8. The molecule has 158 valence electrons. The number of nitrogens with one attached hydrogen (secondary N) is 1. The molecule has 3 rings (SSSR count). The highest BCUT2D eigenvalue weighted by Gasteiger charge is 2.24. The van der Waals surface area contributed by atoms with Crippen LogP contribution in [0.1, 0.15) is 11.1 Å². The summed E-state index contributed by atoms with van der Waals surface area (Å²) in [5.41, 5.74) is 1.53. The molecule has 1 aliphatic heterocycles. The van der Waals surface area contributed by atoms with Crippen molar-refractivity contribution in [3.05, 3.63) is 80.8 Å². The fraction of sp³-hybridized carbons (Fsp3) is 0.100. The van der Waals surface area contributed by atoms with Crippen LogP contribution in [0.5, 0.6) is 5.75 Å². The molecule has 31 heavy (non-hydrogen) atoms. The molecule has 0 aliphatic carbocycles. The van der Waals surface area contributed by atoms with Gasteiger partial charge in [0, 0.05) is 18.2 Å². The second-order valence-corrected chi connectivity index (χ2v) is 7.05. The molecule has 1 aliphatic rings. The quantitative estimate of drug-likeness (QED) is 0.230. The van der Waals surface area contributed by atoms with E-state index in [1.807, 2.05) is 0 Å². The van der Waals surface area contributed by atoms with Crippen LogP contribution in [0, 0.1) is 10.1 Å². The average molecular weight is 440 g/mol. The number of carbonyl (C=O) groups is 2. The van der Waals surface area contributed by atoms with Crippen molar-refractivity contribution in [3.8, 4) is 5.75 Å². The first kappa shape index (κ1) is 21.7. The molecule has 2 aromatic rings. The lowest BCUT2D eigenvalue weighted by atomic mass is 10.2. The molecule has 11 heteroatoms. The SMILES string of the molecule is COC(=O)/C=C1/S/C(=N\N=Cc2cccc(OCc3ccc([N+](=O)[O-])cc3)c2)NC1=O. The van der Waals surface area contributed by atoms with Crippen LogP contribution in [0.25, 0.3) is 0 Å². The van der Waals surface area contributed by atoms with Gasteiger partial charge >= 0.3 is 5.97 Å². The topological polar surface area (TPSA) is 132 Å². The minimum Gasteiger partial charge on any atom is -0.489 e. The van der Waals surface area contributed by atoms with Crippen LogP contribution in [-0.4, -0.2) is 35.3 Å². The Labute approximate surface area is 180 Å². The van der Waals surface area contributed by atoms with Gasteiger partial charge in [-0.1, -0.05) is 12.1 Å². The largest absolute Gasteiger partial charge is 0.489 e. The van der Waals surface area contributed by atoms with Gasteiger partial charge in [-0.2, -0.15) is 5.10 Å². The normalized spacial score (nSPS) is 16.0. The number of hydrogen-bond donors (Lipinski definition) is 1. The van der Waals surface area contributed by atoms with E-state index in [9.17, 15) is 19.7 Å². The van der Waals surface area contributed by atoms with E-state index in [1.165, 1.54) is 25.5 Å². The summed E-state index contributed by atoms with van der Waals surface area (Å²) in [6.45, 7) is 0.249. The monoisotopic (exact) mass is 440 g/mol. The summed E-state index contributed by atoms with van der Waals surface area (Å²) in [5, 5.41) is 21.3. The standard InChI is InChI=1S/C20H16N4O6S/c1-29-18(25)10-17-19(26)22-20(31-17)23-21-11-14-3-2-4-16(9-14)30-12-13-5-7-15(8-6-13)24(27)28/h2-11H,12H2,1H3,(H,22,23,26)/b17-10+,21-11?. The molecule has 2 aromatic carbocycles. The molecule has 1 N–H and O–H groups in total. The Balaban J connectivity index is 1.59. The summed E-state index contributed by atoms with van der Waals surface area (Å²) in [5.74, 6) is -0.499. The summed E-state index contributed by atoms with van der Waals surface area (Å²) in [7, 11) is 1.22. The number of non-ortho nitro benzene ring substituents is 1. The highest BCUT2D eigenvalue weighted by Crippen LogP contribution is 2.23. The van der Waals surface area contributed by atoms with Crippen molar-refractivity contribution in [1.29, 1.82) is 0 Å². The lowest BCUT2D eigenvalue weighted by molar-refractivity contribution is -0.384. The molecule has 1 amide bonds. The second kappa shape index (κ2) is 10.2. The van der Waals surface area contributed by atoms with E-state index in [-0.39, 0.29) is 22.4 Å². The van der Waals surface area contributed by atoms with Crippen LogP contribution < -0.4 is 10.1 Å². The third-order valence-electron chi connectivity index (χ3n) is 3.87. The van der Waals surface area contributed by atoms with Crippen LogP contribution >= 0.6 is 11.8 Å². The number of amides is 1. The Morgan fingerprint density at radius 1 is 1.26 bits per heavy atom. The van der Waals surface area contributed by atoms with Gasteiger partial charge in [0.05, 0.1) is 23.2 Å². The number of nitro groups is 1. The number of hydrogen-bond acceptors (Lipinski definition) is 9. The molecule has 10 nitrogen and oxygen atoms in total. The molecule has 0 spiro atoms. The first-order valence-corrected chi connectivity index (χ1v) is 9.62. The second-order valence-electron chi connectivity index (χ2n) is 6.02. The lowest BCUT2D eigenvalue weighted by Gasteiger charge is -2.06. The first-order chi connectivity index (χ1) is 14.9. The minimum absolute atomic E-state index is 0.0214. The Hall–Kier alpha value is -3.99. The molecule has 0 aromatic heterocycles. The molecule has 1 saturated heterocycles. The smallest absolute Gasteiger partial charge is 0.331 e. The van der Waals surface area contributed by atoms with Gasteiger partial charge in [-0.25, -0.2) is 4.79 Å². The summed E-state index contributed by atoms with van der Waals surface area (Å²) in [4.78, 5) is 33.4. The number of rotatable bonds is 7. The van der Waals surface area contributed by atoms with E-state index < -0.39 is 16.8 Å². The van der Waals surface area contributed by atoms with E-state index in [0.29, 0.717) is 11.3 Å². The van der Waals surface area contributed by atoms with Crippen molar-refractivity contribution in [3.63, 3.8) is 0 Å². The maximum absolute atomic E-state index is 11.8. The predicted octanol–water partition coefficient (Wildman–Crippen LogP) is 2.78. The zero-order valence-corrected chi connectivity index (χ0v) is 17.0. The van der Waals surface area contributed by atoms with E-state index in [4.69, 9.17) is 4.74 Å². The maximum Gasteiger partial charge on any atom is 0.331 e. The van der Waals surface area contributed by atoms with Gasteiger partial charge in [-0.3, -0.25) is 20.2 Å². The van der Waals surface area contributed by atoms with Gasteiger partial charge in [0.1, 0.15) is 12.4 Å². The number of methoxy groups -OCH3 is 1. The number of amidine groups is 1. The molecule has 1 heterocycles. The Morgan fingerprint density at radius 2 is 2.03 bits per heavy atom. The summed E-state index contributed by atoms with van der Waals surface area (Å²) >= 11 is 0.978. The fourth-order valence-corrected chi connectivity index (χ4v) is 3.09. The van der Waals surface area contributed by atoms with Gasteiger partial charge in [-0.05, 0) is 47.2 Å². The summed E-state index contributed by atoms with van der Waals surface area (Å²) in [6.07, 6.45) is 2.57. The zero-order chi connectivity index (χ0) is 22.2. The molecule has 1 fully saturated rings. The van der Waals surface area contributed by atoms with Crippen molar-refractivity contribution < 1.29 is 24.0 Å². The van der Waals surface area contributed by atoms with Gasteiger partial charge in [-0.15, -0.1) is 5.10 Å². The molecule has 0 radical (unpaired) electrons. The predicted molar refractivity (Wildman–Crippen MR) is 115 cm³/mol. The molecular formula is C20H16N4O6S. The highest BCUT2D eigenvalue weighted by atomic mass is 32.2. The zero-order valence-electron chi connectivity index (χ0n) is 16.2. The van der Waals surface area contributed by atoms with Crippen molar-refractivity contribution in [2.45, 2.75) is 6.61 Å². The van der Waals surface area contributed by atoms with Crippen LogP contribution in [0.3, 0.4) is 0 Å². The van der Waals surface area contributed by atoms with Crippen LogP contribution in [0.4, 0.5) is 5.69 Å². The van der Waals surface area contributed by atoms with E-state index in [2.05, 4.69) is 20.3 Å². The number of ether oxygens (including phenoxy) is 2. The van der Waals surface area contributed by atoms with Gasteiger partial charge in [0.2, 0.25) is 0 Å².